The maximum absolute atomic E-state index is 15.1. The minimum atomic E-state index is -1.84. The molecule has 5 aromatic rings. The number of nitrogens with one attached hydrogen (secondary N) is 16. The summed E-state index contributed by atoms with van der Waals surface area (Å²) >= 11 is 0. The maximum Gasteiger partial charge on any atom is 0.328 e. The number of H-pyrrole nitrogens is 2. The van der Waals surface area contributed by atoms with Crippen molar-refractivity contribution in [2.24, 2.45) is 35.0 Å². The number of para-hydroxylation sites is 1. The Labute approximate surface area is 694 Å². The number of nitrogens with two attached hydrogens (primary N) is 3. The van der Waals surface area contributed by atoms with Crippen LogP contribution in [0.3, 0.4) is 0 Å². The van der Waals surface area contributed by atoms with E-state index in [0.717, 1.165) is 0 Å². The van der Waals surface area contributed by atoms with Crippen LogP contribution >= 0.6 is 0 Å². The number of amides is 13. The molecule has 120 heavy (non-hydrogen) atoms. The molecule has 0 spiro atoms. The lowest BCUT2D eigenvalue weighted by atomic mass is 9.94. The van der Waals surface area contributed by atoms with E-state index in [1.54, 1.807) is 114 Å². The van der Waals surface area contributed by atoms with Crippen LogP contribution in [0.25, 0.3) is 10.9 Å². The van der Waals surface area contributed by atoms with E-state index in [2.05, 4.69) is 78.8 Å². The Morgan fingerprint density at radius 3 is 1.63 bits per heavy atom. The van der Waals surface area contributed by atoms with Crippen molar-refractivity contribution in [3.63, 3.8) is 0 Å². The molecule has 27 N–H and O–H groups in total. The molecule has 0 radical (unpaired) electrons. The van der Waals surface area contributed by atoms with Crippen molar-refractivity contribution in [2.45, 2.75) is 204 Å². The predicted octanol–water partition coefficient (Wildman–Crippen LogP) is -4.16. The first-order chi connectivity index (χ1) is 57.2. The second-order valence-electron chi connectivity index (χ2n) is 30.1. The van der Waals surface area contributed by atoms with Crippen molar-refractivity contribution in [1.82, 2.24) is 89.0 Å². The molecule has 0 saturated carbocycles. The van der Waals surface area contributed by atoms with E-state index in [1.807, 2.05) is 5.32 Å². The van der Waals surface area contributed by atoms with Gasteiger partial charge in [0.15, 0.2) is 5.96 Å². The number of fused-ring (bicyclic) bond motifs is 1. The number of aromatic nitrogens is 3. The summed E-state index contributed by atoms with van der Waals surface area (Å²) in [5, 5.41) is 91.2. The number of rotatable bonds is 50. The van der Waals surface area contributed by atoms with Gasteiger partial charge in [0, 0.05) is 61.3 Å². The van der Waals surface area contributed by atoms with Crippen molar-refractivity contribution in [3.05, 3.63) is 120 Å². The fourth-order valence-electron chi connectivity index (χ4n) is 13.3. The highest BCUT2D eigenvalue weighted by atomic mass is 16.4. The minimum absolute atomic E-state index is 0.00411. The Morgan fingerprint density at radius 1 is 0.542 bits per heavy atom. The van der Waals surface area contributed by atoms with Gasteiger partial charge in [0.1, 0.15) is 78.3 Å². The number of likely N-dealkylation sites (tertiary alicyclic amines) is 1. The first kappa shape index (κ1) is 96.7. The molecule has 1 fully saturated rings. The van der Waals surface area contributed by atoms with Crippen LogP contribution in [-0.4, -0.2) is 259 Å². The number of unbranched alkanes of at least 4 members (excludes halogenated alkanes) is 1. The van der Waals surface area contributed by atoms with Crippen LogP contribution in [0.1, 0.15) is 122 Å². The number of phenols is 1. The van der Waals surface area contributed by atoms with Crippen LogP contribution in [0, 0.1) is 23.2 Å². The van der Waals surface area contributed by atoms with Gasteiger partial charge in [-0.25, -0.2) is 9.78 Å². The van der Waals surface area contributed by atoms with Gasteiger partial charge in [0.25, 0.3) is 0 Å². The number of carboxylic acid groups (broad SMARTS) is 1. The van der Waals surface area contributed by atoms with Crippen molar-refractivity contribution in [1.29, 1.82) is 5.41 Å². The molecule has 1 saturated heterocycles. The predicted molar refractivity (Wildman–Crippen MR) is 438 cm³/mol. The number of aliphatic hydroxyl groups excluding tert-OH is 3. The number of aromatic hydroxyl groups is 1. The van der Waals surface area contributed by atoms with Crippen LogP contribution in [0.4, 0.5) is 0 Å². The van der Waals surface area contributed by atoms with E-state index in [-0.39, 0.29) is 95.3 Å². The van der Waals surface area contributed by atoms with Gasteiger partial charge < -0.3 is 127 Å². The molecule has 0 bridgehead atoms. The van der Waals surface area contributed by atoms with Gasteiger partial charge in [0.2, 0.25) is 76.8 Å². The van der Waals surface area contributed by atoms with Crippen molar-refractivity contribution in [3.8, 4) is 5.75 Å². The molecule has 0 unspecified atom stereocenters. The normalized spacial score (nSPS) is 16.0. The summed E-state index contributed by atoms with van der Waals surface area (Å²) in [6.45, 7) is 6.53. The molecule has 15 atom stereocenters. The second-order valence-corrected chi connectivity index (χ2v) is 30.1. The Kier molecular flexibility index (Phi) is 39.2. The highest BCUT2D eigenvalue weighted by molar-refractivity contribution is 6.00. The molecule has 3 aromatic carbocycles. The summed E-state index contributed by atoms with van der Waals surface area (Å²) in [6, 6.07) is 2.56. The van der Waals surface area contributed by atoms with E-state index in [4.69, 9.17) is 22.6 Å². The van der Waals surface area contributed by atoms with E-state index in [0.29, 0.717) is 46.9 Å². The Morgan fingerprint density at radius 2 is 1.05 bits per heavy atom. The lowest BCUT2D eigenvalue weighted by Crippen LogP contribution is -2.63. The zero-order valence-corrected chi connectivity index (χ0v) is 68.2. The highest BCUT2D eigenvalue weighted by Crippen LogP contribution is 2.24. The van der Waals surface area contributed by atoms with E-state index in [1.165, 1.54) is 29.6 Å². The number of guanidine groups is 1. The van der Waals surface area contributed by atoms with Crippen LogP contribution in [-0.2, 0) is 92.8 Å². The largest absolute Gasteiger partial charge is 0.508 e. The Bertz CT molecular complexity index is 4270. The number of carboxylic acids is 1. The van der Waals surface area contributed by atoms with Gasteiger partial charge >= 0.3 is 5.97 Å². The van der Waals surface area contributed by atoms with Crippen molar-refractivity contribution >= 4 is 99.6 Å². The molecular weight excluding hydrogens is 1560 g/mol. The fraction of sp³-hybridized carbons (Fsp3) is 0.525. The third-order valence-electron chi connectivity index (χ3n) is 20.7. The molecule has 40 nitrogen and oxygen atoms in total. The number of nitrogens with zero attached hydrogens (tertiary/aromatic N) is 2. The number of phenolic OH excluding ortho intramolecular Hbond substituents is 1. The SMILES string of the molecule is CC[C@H](C)[C@H](NC(=O)[C@H](CO)NC(=O)[C@H](Cc1cnc[nH]1)NC(=O)[C@H](Cc1ccccc1)NC(=O)[C@H](CCCNC(=N)N)NC(=O)[C@H](Cc1c[nH]c2ccccc12)NC(=O)CNC(=O)[C@H](CCCCN)NC(=O)[C@@H]1CCCN1C(=O)[C@@H](NC(=O)[C@@H](N)Cc1ccc(O)cc1)C(C)C)C(=O)N[C@H](C(=O)N[C@@H](CO)C(=O)N[C@@H](CO)C(=O)O)[C@@H](C)CC. The van der Waals surface area contributed by atoms with E-state index in [9.17, 15) is 78.3 Å². The molecule has 1 aliphatic heterocycles. The number of hydrogen-bond donors (Lipinski definition) is 24. The van der Waals surface area contributed by atoms with E-state index < -0.39 is 211 Å². The smallest absolute Gasteiger partial charge is 0.328 e. The average molecular weight is 1680 g/mol. The quantitative estimate of drug-likeness (QED) is 0.00998. The number of aliphatic carboxylic acids is 1. The zero-order valence-electron chi connectivity index (χ0n) is 68.2. The minimum Gasteiger partial charge on any atom is -0.508 e. The van der Waals surface area contributed by atoms with Crippen LogP contribution < -0.4 is 86.3 Å². The molecule has 0 aliphatic carbocycles. The molecule has 6 rings (SSSR count). The molecule has 40 heteroatoms. The van der Waals surface area contributed by atoms with Gasteiger partial charge in [0.05, 0.1) is 38.7 Å². The number of imidazole rings is 1. The number of carbonyl (C=O) groups is 14. The second kappa shape index (κ2) is 48.7. The van der Waals surface area contributed by atoms with Gasteiger partial charge in [-0.3, -0.25) is 67.7 Å². The summed E-state index contributed by atoms with van der Waals surface area (Å²) in [6.07, 6.45) is 5.37. The Balaban J connectivity index is 1.21. The number of carbonyl (C=O) groups excluding carboxylic acids is 13. The molecule has 2 aromatic heterocycles. The summed E-state index contributed by atoms with van der Waals surface area (Å²) < 4.78 is 0. The molecule has 656 valence electrons. The third kappa shape index (κ3) is 29.7. The fourth-order valence-corrected chi connectivity index (χ4v) is 13.3. The van der Waals surface area contributed by atoms with Gasteiger partial charge in [-0.2, -0.15) is 0 Å². The lowest BCUT2D eigenvalue weighted by molar-refractivity contribution is -0.143. The number of aromatic amines is 2. The van der Waals surface area contributed by atoms with Gasteiger partial charge in [-0.15, -0.1) is 0 Å². The summed E-state index contributed by atoms with van der Waals surface area (Å²) in [5.41, 5.74) is 20.4. The van der Waals surface area contributed by atoms with Gasteiger partial charge in [-0.05, 0) is 111 Å². The lowest BCUT2D eigenvalue weighted by Gasteiger charge is -2.31. The Hall–Kier alpha value is -12.1. The monoisotopic (exact) mass is 1680 g/mol. The topological polar surface area (TPSA) is 646 Å². The number of hydrogen-bond acceptors (Lipinski definition) is 22. The summed E-state index contributed by atoms with van der Waals surface area (Å²) in [7, 11) is 0. The molecular formula is C80H117N21O19. The molecule has 13 amide bonds. The summed E-state index contributed by atoms with van der Waals surface area (Å²) in [4.78, 5) is 209. The van der Waals surface area contributed by atoms with Crippen LogP contribution in [0.5, 0.6) is 5.75 Å². The molecule has 3 heterocycles. The maximum atomic E-state index is 15.1. The average Bonchev–Trinajstić information content (AvgIpc) is 1.67. The van der Waals surface area contributed by atoms with Crippen molar-refractivity contribution in [2.75, 3.05) is 46.0 Å². The number of benzene rings is 3. The van der Waals surface area contributed by atoms with Gasteiger partial charge in [-0.1, -0.05) is 115 Å². The van der Waals surface area contributed by atoms with Crippen LogP contribution in [0.15, 0.2) is 97.6 Å². The number of aliphatic hydroxyl groups is 3. The van der Waals surface area contributed by atoms with Crippen molar-refractivity contribution < 1.29 is 92.7 Å². The van der Waals surface area contributed by atoms with E-state index >= 15 is 14.4 Å². The third-order valence-corrected chi connectivity index (χ3v) is 20.7. The molecule has 1 aliphatic rings. The first-order valence-corrected chi connectivity index (χ1v) is 40.1. The zero-order chi connectivity index (χ0) is 88.3. The summed E-state index contributed by atoms with van der Waals surface area (Å²) in [5.74, 6) is -15.4. The standard InChI is InChI=1S/C80H117N21O19/c1-7-44(5)65(76(116)96-59(39-102)73(113)97-61(41-104)79(119)120)100-77(117)66(45(6)8-2)99-74(114)60(40-103)95-72(112)58(35-49-37-85-42-89-49)94-70(110)56(33-46-18-10-9-11-19-46)93-69(109)55(23-16-30-86-80(83)84)91-71(111)57(34-48-36-87-53-21-13-12-20-51(48)53)90-63(106)38-88-68(108)54(22-14-15-29-81)92-75(115)62-24-17-31-101(62)78(118)64(43(3)4)98-67(107)52(82)32-47-25-27-50(105)28-26-47/h9-13,18-21,25-28,36-37,42-45,52,54-62,64-66,87,102-105H,7-8,14-17,22-24,29-35,38-41,81-82H2,1-6H3,(H,85,89)(H,88,108)(H,90,106)(H,91,111)(H,92,115)(H,93,109)(H,94,110)(H,95,112)(H,96,116)(H,97,113)(H,98,107)(H,99,114)(H,100,117)(H,119,120)(H4,83,84,86)/t44-,45-,52-,54-,55-,56-,57-,58-,59-,60-,61-,62-,64-,65-,66-/m0/s1. The van der Waals surface area contributed by atoms with Crippen LogP contribution in [0.2, 0.25) is 0 Å². The first-order valence-electron chi connectivity index (χ1n) is 40.1. The highest BCUT2D eigenvalue weighted by Gasteiger charge is 2.42.